The molecule has 2 aromatic rings. The summed E-state index contributed by atoms with van der Waals surface area (Å²) in [7, 11) is -3.64. The van der Waals surface area contributed by atoms with Crippen LogP contribution in [-0.4, -0.2) is 33.5 Å². The van der Waals surface area contributed by atoms with Gasteiger partial charge in [0.25, 0.3) is 5.91 Å². The van der Waals surface area contributed by atoms with Crippen LogP contribution in [0.4, 0.5) is 4.39 Å². The second-order valence-electron chi connectivity index (χ2n) is 5.78. The third kappa shape index (κ3) is 5.90. The van der Waals surface area contributed by atoms with E-state index < -0.39 is 15.8 Å². The monoisotopic (exact) mass is 392 g/mol. The Hall–Kier alpha value is -2.71. The summed E-state index contributed by atoms with van der Waals surface area (Å²) in [5.74, 6) is -0.749. The number of sulfonamides is 1. The lowest BCUT2D eigenvalue weighted by Crippen LogP contribution is -2.36. The summed E-state index contributed by atoms with van der Waals surface area (Å²) in [5.41, 5.74) is 0.301. The smallest absolute Gasteiger partial charge is 0.251 e. The highest BCUT2D eigenvalue weighted by atomic mass is 32.2. The van der Waals surface area contributed by atoms with Crippen molar-refractivity contribution in [1.82, 2.24) is 10.0 Å². The van der Waals surface area contributed by atoms with Crippen LogP contribution < -0.4 is 14.8 Å². The molecule has 0 aliphatic carbocycles. The summed E-state index contributed by atoms with van der Waals surface area (Å²) in [6, 6.07) is 11.2. The molecule has 1 amide bonds. The van der Waals surface area contributed by atoms with Gasteiger partial charge < -0.3 is 10.1 Å². The molecule has 0 aromatic heterocycles. The molecule has 2 aromatic carbocycles. The number of hydrogen-bond acceptors (Lipinski definition) is 4. The molecule has 0 bridgehead atoms. The van der Waals surface area contributed by atoms with Gasteiger partial charge in [-0.1, -0.05) is 18.2 Å². The second-order valence-corrected chi connectivity index (χ2v) is 7.55. The number of carbonyl (C=O) groups is 1. The first-order valence-corrected chi connectivity index (χ1v) is 9.70. The van der Waals surface area contributed by atoms with E-state index in [1.165, 1.54) is 42.5 Å². The average molecular weight is 392 g/mol. The quantitative estimate of drug-likeness (QED) is 0.642. The maximum Gasteiger partial charge on any atom is 0.251 e. The van der Waals surface area contributed by atoms with Gasteiger partial charge >= 0.3 is 0 Å². The third-order valence-corrected chi connectivity index (χ3v) is 4.99. The molecule has 2 N–H and O–H groups in total. The molecule has 0 spiro atoms. The number of halogens is 1. The predicted molar refractivity (Wildman–Crippen MR) is 101 cm³/mol. The van der Waals surface area contributed by atoms with Crippen LogP contribution in [0, 0.1) is 5.82 Å². The maximum absolute atomic E-state index is 13.5. The summed E-state index contributed by atoms with van der Waals surface area (Å²) < 4.78 is 45.2. The van der Waals surface area contributed by atoms with Gasteiger partial charge in [-0.25, -0.2) is 17.5 Å². The number of amides is 1. The van der Waals surface area contributed by atoms with Crippen molar-refractivity contribution in [2.75, 3.05) is 13.2 Å². The molecule has 1 atom stereocenters. The minimum Gasteiger partial charge on any atom is -0.488 e. The van der Waals surface area contributed by atoms with E-state index in [2.05, 4.69) is 16.6 Å². The van der Waals surface area contributed by atoms with Crippen molar-refractivity contribution in [3.8, 4) is 5.75 Å². The summed E-state index contributed by atoms with van der Waals surface area (Å²) in [6.07, 6.45) is 1.43. The van der Waals surface area contributed by atoms with E-state index in [1.807, 2.05) is 0 Å². The lowest BCUT2D eigenvalue weighted by atomic mass is 10.2. The fraction of sp³-hybridized carbons (Fsp3) is 0.211. The molecule has 0 fully saturated rings. The third-order valence-electron chi connectivity index (χ3n) is 3.55. The van der Waals surface area contributed by atoms with Gasteiger partial charge in [-0.05, 0) is 43.3 Å². The van der Waals surface area contributed by atoms with Crippen LogP contribution in [-0.2, 0) is 10.0 Å². The highest BCUT2D eigenvalue weighted by Gasteiger charge is 2.15. The lowest BCUT2D eigenvalue weighted by Gasteiger charge is -2.15. The zero-order chi connectivity index (χ0) is 19.9. The van der Waals surface area contributed by atoms with Crippen molar-refractivity contribution in [1.29, 1.82) is 0 Å². The molecule has 0 aliphatic rings. The van der Waals surface area contributed by atoms with E-state index in [-0.39, 0.29) is 35.7 Å². The van der Waals surface area contributed by atoms with Crippen molar-refractivity contribution in [3.05, 3.63) is 72.6 Å². The normalized spacial score (nSPS) is 12.2. The van der Waals surface area contributed by atoms with Gasteiger partial charge in [0, 0.05) is 12.1 Å². The van der Waals surface area contributed by atoms with Crippen LogP contribution in [0.5, 0.6) is 5.75 Å². The van der Waals surface area contributed by atoms with E-state index in [1.54, 1.807) is 19.1 Å². The Bertz CT molecular complexity index is 898. The average Bonchev–Trinajstić information content (AvgIpc) is 2.66. The fourth-order valence-electron chi connectivity index (χ4n) is 2.16. The predicted octanol–water partition coefficient (Wildman–Crippen LogP) is 2.49. The van der Waals surface area contributed by atoms with E-state index >= 15 is 0 Å². The van der Waals surface area contributed by atoms with Gasteiger partial charge in [-0.3, -0.25) is 4.79 Å². The Morgan fingerprint density at radius 1 is 1.22 bits per heavy atom. The number of carbonyl (C=O) groups excluding carboxylic acids is 1. The number of rotatable bonds is 9. The van der Waals surface area contributed by atoms with Crippen LogP contribution in [0.2, 0.25) is 0 Å². The number of ether oxygens (including phenoxy) is 1. The van der Waals surface area contributed by atoms with E-state index in [0.29, 0.717) is 5.56 Å². The first-order chi connectivity index (χ1) is 12.8. The molecule has 6 nitrogen and oxygen atoms in total. The van der Waals surface area contributed by atoms with Gasteiger partial charge in [-0.15, -0.1) is 6.58 Å². The van der Waals surface area contributed by atoms with Gasteiger partial charge in [0.15, 0.2) is 11.6 Å². The number of hydrogen-bond donors (Lipinski definition) is 2. The topological polar surface area (TPSA) is 84.5 Å². The molecule has 2 rings (SSSR count). The second kappa shape index (κ2) is 9.29. The standard InChI is InChI=1S/C19H21FN2O4S/c1-3-12-21-27(24,25)16-10-8-15(9-11-16)19(23)22-14(2)13-26-18-7-5-4-6-17(18)20/h3-11,14,21H,1,12-13H2,2H3,(H,22,23). The Morgan fingerprint density at radius 2 is 1.89 bits per heavy atom. The summed E-state index contributed by atoms with van der Waals surface area (Å²) >= 11 is 0. The van der Waals surface area contributed by atoms with Gasteiger partial charge in [0.05, 0.1) is 10.9 Å². The van der Waals surface area contributed by atoms with Crippen LogP contribution in [0.1, 0.15) is 17.3 Å². The van der Waals surface area contributed by atoms with E-state index in [9.17, 15) is 17.6 Å². The van der Waals surface area contributed by atoms with E-state index in [0.717, 1.165) is 0 Å². The molecule has 144 valence electrons. The van der Waals surface area contributed by atoms with Crippen molar-refractivity contribution >= 4 is 15.9 Å². The van der Waals surface area contributed by atoms with Crippen molar-refractivity contribution in [2.45, 2.75) is 17.9 Å². The first kappa shape index (κ1) is 20.6. The molecule has 8 heteroatoms. The number of para-hydroxylation sites is 1. The number of benzene rings is 2. The Kier molecular flexibility index (Phi) is 7.09. The molecule has 0 radical (unpaired) electrons. The van der Waals surface area contributed by atoms with Gasteiger partial charge in [0.1, 0.15) is 6.61 Å². The van der Waals surface area contributed by atoms with Gasteiger partial charge in [-0.2, -0.15) is 0 Å². The molecule has 27 heavy (non-hydrogen) atoms. The Labute approximate surface area is 158 Å². The molecule has 0 aliphatic heterocycles. The van der Waals surface area contributed by atoms with E-state index in [4.69, 9.17) is 4.74 Å². The maximum atomic E-state index is 13.5. The van der Waals surface area contributed by atoms with Crippen molar-refractivity contribution in [2.24, 2.45) is 0 Å². The molecular formula is C19H21FN2O4S. The Balaban J connectivity index is 1.93. The summed E-state index contributed by atoms with van der Waals surface area (Å²) in [6.45, 7) is 5.37. The zero-order valence-electron chi connectivity index (χ0n) is 14.8. The first-order valence-electron chi connectivity index (χ1n) is 8.22. The minimum absolute atomic E-state index is 0.0526. The SMILES string of the molecule is C=CCNS(=O)(=O)c1ccc(C(=O)NC(C)COc2ccccc2F)cc1. The van der Waals surface area contributed by atoms with Crippen LogP contribution in [0.3, 0.4) is 0 Å². The largest absolute Gasteiger partial charge is 0.488 e. The molecular weight excluding hydrogens is 371 g/mol. The molecule has 0 saturated heterocycles. The lowest BCUT2D eigenvalue weighted by molar-refractivity contribution is 0.0926. The highest BCUT2D eigenvalue weighted by molar-refractivity contribution is 7.89. The van der Waals surface area contributed by atoms with Crippen molar-refractivity contribution < 1.29 is 22.3 Å². The molecule has 0 saturated carbocycles. The zero-order valence-corrected chi connectivity index (χ0v) is 15.6. The minimum atomic E-state index is -3.64. The Morgan fingerprint density at radius 3 is 2.52 bits per heavy atom. The van der Waals surface area contributed by atoms with Crippen LogP contribution in [0.25, 0.3) is 0 Å². The summed E-state index contributed by atoms with van der Waals surface area (Å²) in [4.78, 5) is 12.3. The number of nitrogens with one attached hydrogen (secondary N) is 2. The molecule has 0 heterocycles. The van der Waals surface area contributed by atoms with Crippen LogP contribution >= 0.6 is 0 Å². The highest BCUT2D eigenvalue weighted by Crippen LogP contribution is 2.15. The fourth-order valence-corrected chi connectivity index (χ4v) is 3.16. The van der Waals surface area contributed by atoms with Crippen molar-refractivity contribution in [3.63, 3.8) is 0 Å². The van der Waals surface area contributed by atoms with Gasteiger partial charge in [0.2, 0.25) is 10.0 Å². The van der Waals surface area contributed by atoms with Crippen LogP contribution in [0.15, 0.2) is 66.1 Å². The summed E-state index contributed by atoms with van der Waals surface area (Å²) in [5, 5.41) is 2.71. The molecule has 1 unspecified atom stereocenters.